The Morgan fingerprint density at radius 3 is 2.83 bits per heavy atom. The number of para-hydroxylation sites is 1. The molecule has 4 heteroatoms. The molecular weight excluding hydrogens is 228 g/mol. The van der Waals surface area contributed by atoms with Gasteiger partial charge in [-0.2, -0.15) is 5.26 Å². The predicted molar refractivity (Wildman–Crippen MR) is 68.2 cm³/mol. The molecule has 0 aliphatic heterocycles. The van der Waals surface area contributed by atoms with E-state index in [4.69, 9.17) is 10.00 Å². The molecular formula is C14H14N2O2. The lowest BCUT2D eigenvalue weighted by molar-refractivity contribution is 0.0514. The van der Waals surface area contributed by atoms with Crippen molar-refractivity contribution < 1.29 is 9.53 Å². The normalized spacial score (nSPS) is 10.3. The van der Waals surface area contributed by atoms with Crippen LogP contribution < -0.4 is 0 Å². The monoisotopic (exact) mass is 242 g/mol. The summed E-state index contributed by atoms with van der Waals surface area (Å²) >= 11 is 0. The van der Waals surface area contributed by atoms with Crippen LogP contribution in [-0.4, -0.2) is 17.1 Å². The van der Waals surface area contributed by atoms with Crippen LogP contribution in [0.1, 0.15) is 23.0 Å². The minimum Gasteiger partial charge on any atom is -0.461 e. The van der Waals surface area contributed by atoms with Crippen molar-refractivity contribution >= 4 is 16.9 Å². The van der Waals surface area contributed by atoms with E-state index < -0.39 is 0 Å². The molecule has 0 N–H and O–H groups in total. The SMILES string of the molecule is CCOC(=O)c1c(C)c2ccccc2n1CC#N. The Hall–Kier alpha value is -2.28. The highest BCUT2D eigenvalue weighted by atomic mass is 16.5. The number of carbonyl (C=O) groups excluding carboxylic acids is 1. The van der Waals surface area contributed by atoms with E-state index >= 15 is 0 Å². The molecule has 1 aromatic carbocycles. The molecule has 0 saturated heterocycles. The van der Waals surface area contributed by atoms with E-state index in [0.29, 0.717) is 12.3 Å². The van der Waals surface area contributed by atoms with E-state index in [0.717, 1.165) is 16.5 Å². The lowest BCUT2D eigenvalue weighted by Crippen LogP contribution is -2.13. The molecule has 0 fully saturated rings. The number of fused-ring (bicyclic) bond motifs is 1. The number of aryl methyl sites for hydroxylation is 1. The minimum atomic E-state index is -0.374. The molecule has 18 heavy (non-hydrogen) atoms. The van der Waals surface area contributed by atoms with E-state index in [2.05, 4.69) is 6.07 Å². The summed E-state index contributed by atoms with van der Waals surface area (Å²) < 4.78 is 6.77. The second kappa shape index (κ2) is 4.92. The number of rotatable bonds is 3. The number of hydrogen-bond donors (Lipinski definition) is 0. The van der Waals surface area contributed by atoms with Gasteiger partial charge in [-0.3, -0.25) is 0 Å². The maximum atomic E-state index is 12.0. The Balaban J connectivity index is 2.70. The van der Waals surface area contributed by atoms with Gasteiger partial charge in [-0.15, -0.1) is 0 Å². The van der Waals surface area contributed by atoms with Crippen LogP contribution in [0.25, 0.3) is 10.9 Å². The fourth-order valence-corrected chi connectivity index (χ4v) is 2.17. The summed E-state index contributed by atoms with van der Waals surface area (Å²) in [7, 11) is 0. The molecule has 1 heterocycles. The first kappa shape index (κ1) is 12.2. The van der Waals surface area contributed by atoms with Crippen LogP contribution in [0, 0.1) is 18.3 Å². The molecule has 0 unspecified atom stereocenters. The molecule has 1 aromatic heterocycles. The molecule has 4 nitrogen and oxygen atoms in total. The second-order valence-corrected chi connectivity index (χ2v) is 3.96. The Kier molecular flexibility index (Phi) is 3.33. The maximum Gasteiger partial charge on any atom is 0.355 e. The van der Waals surface area contributed by atoms with Gasteiger partial charge < -0.3 is 9.30 Å². The van der Waals surface area contributed by atoms with Crippen molar-refractivity contribution in [2.24, 2.45) is 0 Å². The first-order chi connectivity index (χ1) is 8.70. The number of ether oxygens (including phenoxy) is 1. The zero-order valence-electron chi connectivity index (χ0n) is 10.4. The van der Waals surface area contributed by atoms with E-state index in [-0.39, 0.29) is 12.5 Å². The number of carbonyl (C=O) groups is 1. The number of hydrogen-bond acceptors (Lipinski definition) is 3. The van der Waals surface area contributed by atoms with Crippen LogP contribution in [0.3, 0.4) is 0 Å². The van der Waals surface area contributed by atoms with Crippen molar-refractivity contribution in [3.63, 3.8) is 0 Å². The van der Waals surface area contributed by atoms with Crippen molar-refractivity contribution in [3.05, 3.63) is 35.5 Å². The van der Waals surface area contributed by atoms with Crippen LogP contribution in [0.4, 0.5) is 0 Å². The van der Waals surface area contributed by atoms with Crippen LogP contribution >= 0.6 is 0 Å². The van der Waals surface area contributed by atoms with E-state index in [1.165, 1.54) is 0 Å². The zero-order valence-corrected chi connectivity index (χ0v) is 10.4. The number of nitriles is 1. The highest BCUT2D eigenvalue weighted by Gasteiger charge is 2.20. The molecule has 2 aromatic rings. The lowest BCUT2D eigenvalue weighted by Gasteiger charge is -2.06. The van der Waals surface area contributed by atoms with Crippen molar-refractivity contribution in [3.8, 4) is 6.07 Å². The van der Waals surface area contributed by atoms with Gasteiger partial charge in [0.2, 0.25) is 0 Å². The van der Waals surface area contributed by atoms with Gasteiger partial charge in [0.05, 0.1) is 12.7 Å². The fourth-order valence-electron chi connectivity index (χ4n) is 2.17. The Morgan fingerprint density at radius 1 is 1.44 bits per heavy atom. The molecule has 92 valence electrons. The maximum absolute atomic E-state index is 12.0. The summed E-state index contributed by atoms with van der Waals surface area (Å²) in [5, 5.41) is 9.88. The topological polar surface area (TPSA) is 55.0 Å². The van der Waals surface area contributed by atoms with Gasteiger partial charge in [0.25, 0.3) is 0 Å². The molecule has 0 amide bonds. The van der Waals surface area contributed by atoms with Gasteiger partial charge in [0.15, 0.2) is 0 Å². The second-order valence-electron chi connectivity index (χ2n) is 3.96. The third-order valence-electron chi connectivity index (χ3n) is 2.92. The van der Waals surface area contributed by atoms with E-state index in [1.807, 2.05) is 31.2 Å². The Bertz CT molecular complexity index is 635. The van der Waals surface area contributed by atoms with Crippen LogP contribution in [0.2, 0.25) is 0 Å². The number of esters is 1. The molecule has 0 radical (unpaired) electrons. The van der Waals surface area contributed by atoms with Crippen LogP contribution in [0.5, 0.6) is 0 Å². The van der Waals surface area contributed by atoms with Gasteiger partial charge in [-0.05, 0) is 25.5 Å². The van der Waals surface area contributed by atoms with Crippen molar-refractivity contribution in [2.45, 2.75) is 20.4 Å². The summed E-state index contributed by atoms with van der Waals surface area (Å²) in [6.07, 6.45) is 0. The number of nitrogens with zero attached hydrogens (tertiary/aromatic N) is 2. The van der Waals surface area contributed by atoms with Crippen LogP contribution in [0.15, 0.2) is 24.3 Å². The third-order valence-corrected chi connectivity index (χ3v) is 2.92. The summed E-state index contributed by atoms with van der Waals surface area (Å²) in [5.74, 6) is -0.374. The lowest BCUT2D eigenvalue weighted by atomic mass is 10.1. The standard InChI is InChI=1S/C14H14N2O2/c1-3-18-14(17)13-10(2)11-6-4-5-7-12(11)16(13)9-8-15/h4-7H,3,9H2,1-2H3. The highest BCUT2D eigenvalue weighted by molar-refractivity contribution is 5.99. The average Bonchev–Trinajstić information content (AvgIpc) is 2.65. The Labute approximate surface area is 105 Å². The molecule has 0 aliphatic rings. The van der Waals surface area contributed by atoms with Gasteiger partial charge in [-0.1, -0.05) is 18.2 Å². The highest BCUT2D eigenvalue weighted by Crippen LogP contribution is 2.26. The molecule has 2 rings (SSSR count). The van der Waals surface area contributed by atoms with Gasteiger partial charge in [0, 0.05) is 10.9 Å². The molecule has 0 bridgehead atoms. The smallest absolute Gasteiger partial charge is 0.355 e. The van der Waals surface area contributed by atoms with Crippen molar-refractivity contribution in [1.82, 2.24) is 4.57 Å². The summed E-state index contributed by atoms with van der Waals surface area (Å²) in [4.78, 5) is 12.0. The number of benzene rings is 1. The molecule has 0 aliphatic carbocycles. The first-order valence-corrected chi connectivity index (χ1v) is 5.82. The van der Waals surface area contributed by atoms with Crippen molar-refractivity contribution in [2.75, 3.05) is 6.61 Å². The largest absolute Gasteiger partial charge is 0.461 e. The Morgan fingerprint density at radius 2 is 2.17 bits per heavy atom. The molecule has 0 saturated carbocycles. The third kappa shape index (κ3) is 1.84. The molecule has 0 atom stereocenters. The van der Waals surface area contributed by atoms with E-state index in [9.17, 15) is 4.79 Å². The van der Waals surface area contributed by atoms with Gasteiger partial charge in [-0.25, -0.2) is 4.79 Å². The minimum absolute atomic E-state index is 0.141. The zero-order chi connectivity index (χ0) is 13.1. The van der Waals surface area contributed by atoms with Gasteiger partial charge >= 0.3 is 5.97 Å². The van der Waals surface area contributed by atoms with E-state index in [1.54, 1.807) is 11.5 Å². The summed E-state index contributed by atoms with van der Waals surface area (Å²) in [6.45, 7) is 4.11. The first-order valence-electron chi connectivity index (χ1n) is 5.82. The quantitative estimate of drug-likeness (QED) is 0.777. The summed E-state index contributed by atoms with van der Waals surface area (Å²) in [5.41, 5.74) is 2.22. The molecule has 0 spiro atoms. The fraction of sp³-hybridized carbons (Fsp3) is 0.286. The predicted octanol–water partition coefficient (Wildman–Crippen LogP) is 2.65. The average molecular weight is 242 g/mol. The van der Waals surface area contributed by atoms with Crippen molar-refractivity contribution in [1.29, 1.82) is 5.26 Å². The summed E-state index contributed by atoms with van der Waals surface area (Å²) in [6, 6.07) is 9.74. The van der Waals surface area contributed by atoms with Crippen LogP contribution in [-0.2, 0) is 11.3 Å². The number of aromatic nitrogens is 1. The van der Waals surface area contributed by atoms with Gasteiger partial charge in [0.1, 0.15) is 12.2 Å².